The highest BCUT2D eigenvalue weighted by molar-refractivity contribution is 7.59. The van der Waals surface area contributed by atoms with Gasteiger partial charge in [-0.05, 0) is 42.7 Å². The van der Waals surface area contributed by atoms with Crippen molar-refractivity contribution in [1.82, 2.24) is 10.2 Å². The molecular formula is C24H29N2O2P. The van der Waals surface area contributed by atoms with E-state index in [1.807, 2.05) is 74.5 Å². The lowest BCUT2D eigenvalue weighted by molar-refractivity contribution is 0.414. The largest absolute Gasteiger partial charge is 0.497 e. The Morgan fingerprint density at radius 1 is 0.759 bits per heavy atom. The SMILES string of the molecule is COc1ccc(CP(=O)(NC(C)c2ccccc2)NC(C)c2ccccc2)cc1. The van der Waals surface area contributed by atoms with Gasteiger partial charge in [-0.25, -0.2) is 10.2 Å². The molecule has 29 heavy (non-hydrogen) atoms. The summed E-state index contributed by atoms with van der Waals surface area (Å²) in [6, 6.07) is 27.8. The molecule has 2 atom stereocenters. The van der Waals surface area contributed by atoms with Crippen molar-refractivity contribution in [1.29, 1.82) is 0 Å². The number of methoxy groups -OCH3 is 1. The molecule has 0 fully saturated rings. The van der Waals surface area contributed by atoms with E-state index in [0.29, 0.717) is 6.16 Å². The van der Waals surface area contributed by atoms with Crippen LogP contribution in [-0.4, -0.2) is 7.11 Å². The standard InChI is InChI=1S/C24H29N2O2P/c1-19(22-10-6-4-7-11-22)25-29(27,18-21-14-16-24(28-3)17-15-21)26-20(2)23-12-8-5-9-13-23/h4-17,19-20H,18H2,1-3H3,(H2,25,26,27). The Hall–Kier alpha value is -2.39. The molecule has 4 nitrogen and oxygen atoms in total. The van der Waals surface area contributed by atoms with Crippen LogP contribution in [0.25, 0.3) is 0 Å². The van der Waals surface area contributed by atoms with E-state index in [-0.39, 0.29) is 12.1 Å². The molecule has 2 N–H and O–H groups in total. The molecule has 5 heteroatoms. The van der Waals surface area contributed by atoms with E-state index in [2.05, 4.69) is 34.4 Å². The van der Waals surface area contributed by atoms with Gasteiger partial charge in [0, 0.05) is 12.1 Å². The van der Waals surface area contributed by atoms with E-state index in [1.54, 1.807) is 7.11 Å². The number of hydrogen-bond acceptors (Lipinski definition) is 2. The number of benzene rings is 3. The molecule has 0 saturated carbocycles. The van der Waals surface area contributed by atoms with Crippen LogP contribution < -0.4 is 14.9 Å². The molecule has 3 aromatic rings. The van der Waals surface area contributed by atoms with Crippen molar-refractivity contribution in [3.8, 4) is 5.75 Å². The molecule has 0 heterocycles. The van der Waals surface area contributed by atoms with Crippen LogP contribution in [0.3, 0.4) is 0 Å². The summed E-state index contributed by atoms with van der Waals surface area (Å²) in [4.78, 5) is 0. The summed E-state index contributed by atoms with van der Waals surface area (Å²) < 4.78 is 19.3. The highest BCUT2D eigenvalue weighted by Crippen LogP contribution is 2.45. The third kappa shape index (κ3) is 6.04. The summed E-state index contributed by atoms with van der Waals surface area (Å²) >= 11 is 0. The minimum atomic E-state index is -2.95. The minimum absolute atomic E-state index is 0.0456. The van der Waals surface area contributed by atoms with Gasteiger partial charge in [-0.15, -0.1) is 0 Å². The second kappa shape index (κ2) is 9.89. The van der Waals surface area contributed by atoms with Crippen LogP contribution in [-0.2, 0) is 10.7 Å². The Balaban J connectivity index is 1.83. The van der Waals surface area contributed by atoms with Crippen LogP contribution in [0, 0.1) is 0 Å². The first kappa shape index (κ1) is 21.3. The highest BCUT2D eigenvalue weighted by atomic mass is 31.2. The van der Waals surface area contributed by atoms with Crippen molar-refractivity contribution in [2.45, 2.75) is 32.1 Å². The van der Waals surface area contributed by atoms with Gasteiger partial charge in [0.2, 0.25) is 7.44 Å². The summed E-state index contributed by atoms with van der Waals surface area (Å²) in [5, 5.41) is 6.80. The fourth-order valence-corrected chi connectivity index (χ4v) is 5.91. The lowest BCUT2D eigenvalue weighted by Gasteiger charge is -2.28. The normalized spacial score (nSPS) is 15.3. The zero-order valence-corrected chi connectivity index (χ0v) is 18.1. The third-order valence-corrected chi connectivity index (χ3v) is 7.39. The maximum Gasteiger partial charge on any atom is 0.216 e. The van der Waals surface area contributed by atoms with E-state index in [0.717, 1.165) is 22.4 Å². The average molecular weight is 408 g/mol. The first-order valence-electron chi connectivity index (χ1n) is 9.86. The third-order valence-electron chi connectivity index (χ3n) is 4.97. The lowest BCUT2D eigenvalue weighted by atomic mass is 10.1. The smallest absolute Gasteiger partial charge is 0.216 e. The Kier molecular flexibility index (Phi) is 7.27. The summed E-state index contributed by atoms with van der Waals surface area (Å²) in [5.74, 6) is 0.791. The number of hydrogen-bond donors (Lipinski definition) is 2. The number of ether oxygens (including phenoxy) is 1. The van der Waals surface area contributed by atoms with Crippen molar-refractivity contribution in [2.24, 2.45) is 0 Å². The van der Waals surface area contributed by atoms with E-state index >= 15 is 0 Å². The van der Waals surface area contributed by atoms with Crippen LogP contribution in [0.2, 0.25) is 0 Å². The molecule has 3 aromatic carbocycles. The van der Waals surface area contributed by atoms with Gasteiger partial charge in [0.25, 0.3) is 0 Å². The Morgan fingerprint density at radius 2 is 1.21 bits per heavy atom. The summed E-state index contributed by atoms with van der Waals surface area (Å²) in [6.07, 6.45) is 0.408. The quantitative estimate of drug-likeness (QED) is 0.421. The molecule has 0 bridgehead atoms. The molecule has 0 saturated heterocycles. The van der Waals surface area contributed by atoms with Crippen molar-refractivity contribution in [2.75, 3.05) is 7.11 Å². The number of nitrogens with one attached hydrogen (secondary N) is 2. The summed E-state index contributed by atoms with van der Waals surface area (Å²) in [7, 11) is -1.30. The van der Waals surface area contributed by atoms with Gasteiger partial charge in [-0.1, -0.05) is 72.8 Å². The van der Waals surface area contributed by atoms with Crippen LogP contribution in [0.5, 0.6) is 5.75 Å². The lowest BCUT2D eigenvalue weighted by Crippen LogP contribution is -2.28. The maximum absolute atomic E-state index is 14.1. The molecule has 0 amide bonds. The molecule has 0 aliphatic rings. The molecule has 0 aliphatic carbocycles. The predicted octanol–water partition coefficient (Wildman–Crippen LogP) is 6.09. The molecule has 0 radical (unpaired) electrons. The average Bonchev–Trinajstić information content (AvgIpc) is 2.75. The monoisotopic (exact) mass is 408 g/mol. The van der Waals surface area contributed by atoms with Gasteiger partial charge >= 0.3 is 0 Å². The fourth-order valence-electron chi connectivity index (χ4n) is 3.37. The van der Waals surface area contributed by atoms with Crippen molar-refractivity contribution in [3.63, 3.8) is 0 Å². The molecule has 3 rings (SSSR count). The van der Waals surface area contributed by atoms with Gasteiger partial charge in [-0.2, -0.15) is 0 Å². The van der Waals surface area contributed by atoms with Crippen LogP contribution >= 0.6 is 7.44 Å². The van der Waals surface area contributed by atoms with Crippen molar-refractivity contribution in [3.05, 3.63) is 102 Å². The maximum atomic E-state index is 14.1. The summed E-state index contributed by atoms with van der Waals surface area (Å²) in [6.45, 7) is 4.09. The first-order valence-corrected chi connectivity index (χ1v) is 11.8. The molecule has 0 aliphatic heterocycles. The van der Waals surface area contributed by atoms with Gasteiger partial charge in [-0.3, -0.25) is 4.57 Å². The zero-order valence-electron chi connectivity index (χ0n) is 17.2. The first-order chi connectivity index (χ1) is 14.0. The van der Waals surface area contributed by atoms with E-state index in [4.69, 9.17) is 4.74 Å². The Labute approximate surface area is 173 Å². The zero-order chi connectivity index (χ0) is 20.7. The van der Waals surface area contributed by atoms with Crippen molar-refractivity contribution >= 4 is 7.44 Å². The highest BCUT2D eigenvalue weighted by Gasteiger charge is 2.27. The Bertz CT molecular complexity index is 879. The van der Waals surface area contributed by atoms with Gasteiger partial charge in [0.1, 0.15) is 5.75 Å². The van der Waals surface area contributed by atoms with E-state index < -0.39 is 7.44 Å². The second-order valence-electron chi connectivity index (χ2n) is 7.27. The Morgan fingerprint density at radius 3 is 1.62 bits per heavy atom. The summed E-state index contributed by atoms with van der Waals surface area (Å²) in [5.41, 5.74) is 3.21. The number of rotatable bonds is 9. The van der Waals surface area contributed by atoms with Gasteiger partial charge in [0.05, 0.1) is 13.3 Å². The fraction of sp³-hybridized carbons (Fsp3) is 0.250. The molecule has 0 spiro atoms. The second-order valence-corrected chi connectivity index (χ2v) is 9.58. The molecule has 2 unspecified atom stereocenters. The van der Waals surface area contributed by atoms with E-state index in [1.165, 1.54) is 0 Å². The minimum Gasteiger partial charge on any atom is -0.497 e. The van der Waals surface area contributed by atoms with Crippen LogP contribution in [0.15, 0.2) is 84.9 Å². The van der Waals surface area contributed by atoms with Gasteiger partial charge in [0.15, 0.2) is 0 Å². The van der Waals surface area contributed by atoms with Crippen molar-refractivity contribution < 1.29 is 9.30 Å². The van der Waals surface area contributed by atoms with E-state index in [9.17, 15) is 4.57 Å². The molecular weight excluding hydrogens is 379 g/mol. The topological polar surface area (TPSA) is 50.4 Å². The molecule has 0 aromatic heterocycles. The van der Waals surface area contributed by atoms with Crippen LogP contribution in [0.1, 0.15) is 42.6 Å². The van der Waals surface area contributed by atoms with Crippen LogP contribution in [0.4, 0.5) is 0 Å². The molecule has 152 valence electrons. The predicted molar refractivity (Wildman–Crippen MR) is 120 cm³/mol. The van der Waals surface area contributed by atoms with Gasteiger partial charge < -0.3 is 4.74 Å².